The van der Waals surface area contributed by atoms with Crippen LogP contribution < -0.4 is 21.1 Å². The number of nitrogens with one attached hydrogen (secondary N) is 2. The fourth-order valence-corrected chi connectivity index (χ4v) is 4.53. The number of rotatable bonds is 7. The summed E-state index contributed by atoms with van der Waals surface area (Å²) in [6.45, 7) is 5.42. The largest absolute Gasteiger partial charge is 0.488 e. The van der Waals surface area contributed by atoms with Crippen molar-refractivity contribution in [2.45, 2.75) is 51.5 Å². The zero-order chi connectivity index (χ0) is 23.7. The normalized spacial score (nSPS) is 16.7. The van der Waals surface area contributed by atoms with Gasteiger partial charge in [0.2, 0.25) is 0 Å². The zero-order valence-electron chi connectivity index (χ0n) is 19.7. The lowest BCUT2D eigenvalue weighted by atomic mass is 9.92. The van der Waals surface area contributed by atoms with E-state index in [-0.39, 0.29) is 18.4 Å². The molecule has 2 aromatic carbocycles. The van der Waals surface area contributed by atoms with Crippen molar-refractivity contribution in [3.05, 3.63) is 42.5 Å². The number of amides is 2. The number of nitrogens with two attached hydrogens (primary N) is 1. The number of fused-ring (bicyclic) bond motifs is 1. The average molecular weight is 465 g/mol. The maximum absolute atomic E-state index is 12.0. The molecule has 0 atom stereocenters. The van der Waals surface area contributed by atoms with E-state index in [1.54, 1.807) is 0 Å². The van der Waals surface area contributed by atoms with Crippen LogP contribution in [0.3, 0.4) is 0 Å². The summed E-state index contributed by atoms with van der Waals surface area (Å²) in [4.78, 5) is 12.0. The van der Waals surface area contributed by atoms with Crippen molar-refractivity contribution in [3.8, 4) is 17.0 Å². The van der Waals surface area contributed by atoms with E-state index in [0.717, 1.165) is 52.1 Å². The summed E-state index contributed by atoms with van der Waals surface area (Å²) in [5.74, 6) is 0.770. The molecule has 8 heteroatoms. The summed E-state index contributed by atoms with van der Waals surface area (Å²) >= 11 is 0. The molecular formula is C26H32N4O4. The van der Waals surface area contributed by atoms with Crippen molar-refractivity contribution in [2.75, 3.05) is 30.9 Å². The van der Waals surface area contributed by atoms with Crippen molar-refractivity contribution >= 4 is 28.3 Å². The van der Waals surface area contributed by atoms with Gasteiger partial charge in [0, 0.05) is 34.8 Å². The average Bonchev–Trinajstić information content (AvgIpc) is 3.38. The Balaban J connectivity index is 1.45. The second-order valence-corrected chi connectivity index (χ2v) is 9.21. The first kappa shape index (κ1) is 22.6. The Morgan fingerprint density at radius 1 is 1.15 bits per heavy atom. The molecule has 0 radical (unpaired) electrons. The van der Waals surface area contributed by atoms with Crippen LogP contribution in [0.15, 0.2) is 42.5 Å². The predicted octanol–water partition coefficient (Wildman–Crippen LogP) is 4.90. The first-order valence-corrected chi connectivity index (χ1v) is 12.0. The van der Waals surface area contributed by atoms with Gasteiger partial charge in [-0.2, -0.15) is 0 Å². The molecule has 5 rings (SSSR count). The highest BCUT2D eigenvalue weighted by molar-refractivity contribution is 6.02. The Morgan fingerprint density at radius 3 is 2.53 bits per heavy atom. The number of nitrogen functional groups attached to an aromatic ring is 1. The van der Waals surface area contributed by atoms with Gasteiger partial charge in [0.05, 0.1) is 30.1 Å². The summed E-state index contributed by atoms with van der Waals surface area (Å²) in [6.07, 6.45) is 3.15. The number of ether oxygens (including phenoxy) is 3. The summed E-state index contributed by atoms with van der Waals surface area (Å²) in [6, 6.07) is 14.1. The highest BCUT2D eigenvalue weighted by atomic mass is 16.7. The van der Waals surface area contributed by atoms with Crippen LogP contribution in [-0.4, -0.2) is 42.8 Å². The van der Waals surface area contributed by atoms with E-state index in [1.807, 2.05) is 50.2 Å². The van der Waals surface area contributed by atoms with Crippen molar-refractivity contribution in [1.82, 2.24) is 9.88 Å². The Hall–Kier alpha value is -3.23. The standard InChI is InChI=1S/C26H32N4O4/c1-16(2)28-26(31)29-18-8-6-17(7-9-18)25-24(27)21-11-10-20(34-15-23-32-12-13-33-23)14-22(21)30(25)19-4-3-5-19/h6-11,14,16,19,23H,3-5,12-13,15,27H2,1-2H3,(H2,28,29,31). The topological polar surface area (TPSA) is 99.8 Å². The summed E-state index contributed by atoms with van der Waals surface area (Å²) in [5.41, 5.74) is 11.3. The van der Waals surface area contributed by atoms with Crippen LogP contribution in [0.4, 0.5) is 16.2 Å². The highest BCUT2D eigenvalue weighted by Crippen LogP contribution is 2.45. The molecule has 4 N–H and O–H groups in total. The molecule has 8 nitrogen and oxygen atoms in total. The molecule has 2 amide bonds. The van der Waals surface area contributed by atoms with Crippen LogP contribution in [0.1, 0.15) is 39.2 Å². The van der Waals surface area contributed by atoms with Crippen LogP contribution in [0.2, 0.25) is 0 Å². The Kier molecular flexibility index (Phi) is 6.34. The van der Waals surface area contributed by atoms with Crippen LogP contribution in [0, 0.1) is 0 Å². The maximum Gasteiger partial charge on any atom is 0.319 e. The van der Waals surface area contributed by atoms with Crippen LogP contribution in [-0.2, 0) is 9.47 Å². The fraction of sp³-hybridized carbons (Fsp3) is 0.423. The second-order valence-electron chi connectivity index (χ2n) is 9.21. The van der Waals surface area contributed by atoms with Gasteiger partial charge < -0.3 is 35.1 Å². The maximum atomic E-state index is 12.0. The lowest BCUT2D eigenvalue weighted by Crippen LogP contribution is -2.34. The van der Waals surface area contributed by atoms with Crippen molar-refractivity contribution in [3.63, 3.8) is 0 Å². The number of aromatic nitrogens is 1. The molecule has 34 heavy (non-hydrogen) atoms. The van der Waals surface area contributed by atoms with Gasteiger partial charge in [-0.3, -0.25) is 0 Å². The van der Waals surface area contributed by atoms with Crippen LogP contribution in [0.5, 0.6) is 5.75 Å². The molecule has 0 spiro atoms. The third kappa shape index (κ3) is 4.56. The number of benzene rings is 2. The molecule has 2 aliphatic rings. The highest BCUT2D eigenvalue weighted by Gasteiger charge is 2.27. The number of carbonyl (C=O) groups is 1. The number of hydrogen-bond acceptors (Lipinski definition) is 5. The zero-order valence-corrected chi connectivity index (χ0v) is 19.7. The minimum Gasteiger partial charge on any atom is -0.488 e. The first-order valence-electron chi connectivity index (χ1n) is 12.0. The molecule has 0 unspecified atom stereocenters. The smallest absolute Gasteiger partial charge is 0.319 e. The molecule has 180 valence electrons. The Labute approximate surface area is 199 Å². The summed E-state index contributed by atoms with van der Waals surface area (Å²) in [5, 5.41) is 6.72. The number of nitrogens with zero attached hydrogens (tertiary/aromatic N) is 1. The SMILES string of the molecule is CC(C)NC(=O)Nc1ccc(-c2c(N)c3ccc(OCC4OCCO4)cc3n2C2CCC2)cc1. The van der Waals surface area contributed by atoms with Gasteiger partial charge in [0.1, 0.15) is 12.4 Å². The van der Waals surface area contributed by atoms with Gasteiger partial charge in [-0.05, 0) is 57.4 Å². The van der Waals surface area contributed by atoms with E-state index in [9.17, 15) is 4.79 Å². The van der Waals surface area contributed by atoms with E-state index in [1.165, 1.54) is 6.42 Å². The Bertz CT molecular complexity index is 1160. The van der Waals surface area contributed by atoms with Gasteiger partial charge in [0.25, 0.3) is 0 Å². The van der Waals surface area contributed by atoms with Gasteiger partial charge >= 0.3 is 6.03 Å². The third-order valence-corrected chi connectivity index (χ3v) is 6.37. The van der Waals surface area contributed by atoms with E-state index in [2.05, 4.69) is 21.3 Å². The molecule has 1 aromatic heterocycles. The molecule has 2 heterocycles. The molecule has 1 saturated carbocycles. The fourth-order valence-electron chi connectivity index (χ4n) is 4.53. The number of urea groups is 1. The lowest BCUT2D eigenvalue weighted by Gasteiger charge is -2.30. The molecule has 0 bridgehead atoms. The number of hydrogen-bond donors (Lipinski definition) is 3. The molecule has 3 aromatic rings. The van der Waals surface area contributed by atoms with Crippen molar-refractivity contribution in [2.24, 2.45) is 0 Å². The summed E-state index contributed by atoms with van der Waals surface area (Å²) < 4.78 is 19.3. The summed E-state index contributed by atoms with van der Waals surface area (Å²) in [7, 11) is 0. The van der Waals surface area contributed by atoms with Crippen molar-refractivity contribution < 1.29 is 19.0 Å². The molecule has 1 aliphatic carbocycles. The van der Waals surface area contributed by atoms with Gasteiger partial charge in [-0.25, -0.2) is 4.79 Å². The quantitative estimate of drug-likeness (QED) is 0.462. The number of anilines is 2. The van der Waals surface area contributed by atoms with Crippen molar-refractivity contribution in [1.29, 1.82) is 0 Å². The monoisotopic (exact) mass is 464 g/mol. The van der Waals surface area contributed by atoms with E-state index >= 15 is 0 Å². The number of carbonyl (C=O) groups excluding carboxylic acids is 1. The van der Waals surface area contributed by atoms with E-state index in [0.29, 0.717) is 25.9 Å². The van der Waals surface area contributed by atoms with E-state index < -0.39 is 0 Å². The minimum absolute atomic E-state index is 0.0735. The van der Waals surface area contributed by atoms with Gasteiger partial charge in [0.15, 0.2) is 6.29 Å². The van der Waals surface area contributed by atoms with Crippen LogP contribution in [0.25, 0.3) is 22.2 Å². The second kappa shape index (κ2) is 9.56. The lowest BCUT2D eigenvalue weighted by molar-refractivity contribution is -0.0683. The van der Waals surface area contributed by atoms with Gasteiger partial charge in [-0.1, -0.05) is 12.1 Å². The Morgan fingerprint density at radius 2 is 1.88 bits per heavy atom. The first-order chi connectivity index (χ1) is 16.5. The van der Waals surface area contributed by atoms with Gasteiger partial charge in [-0.15, -0.1) is 0 Å². The molecule has 2 fully saturated rings. The third-order valence-electron chi connectivity index (χ3n) is 6.37. The van der Waals surface area contributed by atoms with Crippen LogP contribution >= 0.6 is 0 Å². The molecule has 1 aliphatic heterocycles. The predicted molar refractivity (Wildman–Crippen MR) is 133 cm³/mol. The van der Waals surface area contributed by atoms with E-state index in [4.69, 9.17) is 19.9 Å². The molecule has 1 saturated heterocycles. The minimum atomic E-state index is -0.315. The molecular weight excluding hydrogens is 432 g/mol.